The number of carbonyl (C=O) groups excluding carboxylic acids is 2. The molecule has 0 saturated heterocycles. The fourth-order valence-electron chi connectivity index (χ4n) is 2.03. The number of esters is 1. The molecule has 22 heavy (non-hydrogen) atoms. The number of aryl methyl sites for hydroxylation is 1. The number of benzene rings is 1. The molecule has 1 heterocycles. The highest BCUT2D eigenvalue weighted by atomic mass is 16.5. The third-order valence-electron chi connectivity index (χ3n) is 3.14. The van der Waals surface area contributed by atoms with Gasteiger partial charge in [0.1, 0.15) is 0 Å². The number of nitrogens with zero attached hydrogens (tertiary/aromatic N) is 1. The van der Waals surface area contributed by atoms with Crippen LogP contribution < -0.4 is 11.1 Å². The number of ether oxygens (including phenoxy) is 1. The third kappa shape index (κ3) is 3.34. The molecular formula is C14H16N2O6. The van der Waals surface area contributed by atoms with E-state index < -0.39 is 30.3 Å². The number of aliphatic hydroxyl groups is 1. The van der Waals surface area contributed by atoms with E-state index in [1.807, 2.05) is 0 Å². The van der Waals surface area contributed by atoms with Gasteiger partial charge in [-0.05, 0) is 12.1 Å². The van der Waals surface area contributed by atoms with Gasteiger partial charge in [-0.1, -0.05) is 12.1 Å². The summed E-state index contributed by atoms with van der Waals surface area (Å²) in [4.78, 5) is 34.8. The first kappa shape index (κ1) is 15.8. The summed E-state index contributed by atoms with van der Waals surface area (Å²) in [5.41, 5.74) is 1.03. The van der Waals surface area contributed by atoms with E-state index in [4.69, 9.17) is 9.52 Å². The second-order valence-electron chi connectivity index (χ2n) is 4.56. The van der Waals surface area contributed by atoms with Crippen molar-refractivity contribution in [3.8, 4) is 0 Å². The highest BCUT2D eigenvalue weighted by molar-refractivity contribution is 5.84. The lowest BCUT2D eigenvalue weighted by molar-refractivity contribution is -0.146. The van der Waals surface area contributed by atoms with Crippen LogP contribution in [0.15, 0.2) is 33.5 Å². The summed E-state index contributed by atoms with van der Waals surface area (Å²) in [6.45, 7) is -0.464. The highest BCUT2D eigenvalue weighted by Crippen LogP contribution is 2.11. The minimum Gasteiger partial charge on any atom is -0.467 e. The Morgan fingerprint density at radius 3 is 2.82 bits per heavy atom. The molecule has 0 fully saturated rings. The van der Waals surface area contributed by atoms with Crippen molar-refractivity contribution in [2.75, 3.05) is 13.7 Å². The maximum absolute atomic E-state index is 11.8. The van der Waals surface area contributed by atoms with Crippen molar-refractivity contribution in [1.82, 2.24) is 9.88 Å². The molecule has 0 radical (unpaired) electrons. The average Bonchev–Trinajstić information content (AvgIpc) is 2.85. The van der Waals surface area contributed by atoms with Gasteiger partial charge in [0.05, 0.1) is 19.2 Å². The van der Waals surface area contributed by atoms with Gasteiger partial charge in [-0.2, -0.15) is 0 Å². The molecule has 0 saturated carbocycles. The molecule has 1 aromatic heterocycles. The molecule has 0 spiro atoms. The number of methoxy groups -OCH3 is 1. The van der Waals surface area contributed by atoms with Crippen molar-refractivity contribution < 1.29 is 23.8 Å². The molecule has 8 nitrogen and oxygen atoms in total. The number of aromatic nitrogens is 1. The molecule has 2 aromatic rings. The van der Waals surface area contributed by atoms with Gasteiger partial charge in [-0.25, -0.2) is 9.59 Å². The van der Waals surface area contributed by atoms with Gasteiger partial charge in [0.15, 0.2) is 11.6 Å². The topological polar surface area (TPSA) is 111 Å². The van der Waals surface area contributed by atoms with Crippen LogP contribution in [0.1, 0.15) is 6.42 Å². The summed E-state index contributed by atoms with van der Waals surface area (Å²) >= 11 is 0. The fraction of sp³-hybridized carbons (Fsp3) is 0.357. The van der Waals surface area contributed by atoms with Crippen LogP contribution >= 0.6 is 0 Å². The smallest absolute Gasteiger partial charge is 0.419 e. The van der Waals surface area contributed by atoms with Crippen LogP contribution in [-0.2, 0) is 20.9 Å². The minimum absolute atomic E-state index is 0.0447. The molecular weight excluding hydrogens is 292 g/mol. The molecule has 8 heteroatoms. The molecule has 1 aromatic carbocycles. The average molecular weight is 308 g/mol. The number of fused-ring (bicyclic) bond motifs is 1. The lowest BCUT2D eigenvalue weighted by Crippen LogP contribution is -2.44. The number of hydrogen-bond donors (Lipinski definition) is 2. The van der Waals surface area contributed by atoms with Crippen molar-refractivity contribution in [2.45, 2.75) is 19.0 Å². The van der Waals surface area contributed by atoms with Crippen LogP contribution in [0.5, 0.6) is 0 Å². The number of aliphatic hydroxyl groups excluding tert-OH is 1. The Hall–Kier alpha value is -2.61. The first-order valence-electron chi connectivity index (χ1n) is 6.63. The Kier molecular flexibility index (Phi) is 4.95. The number of amides is 1. The summed E-state index contributed by atoms with van der Waals surface area (Å²) < 4.78 is 10.8. The molecule has 2 rings (SSSR count). The Bertz CT molecular complexity index is 732. The second-order valence-corrected chi connectivity index (χ2v) is 4.56. The molecule has 118 valence electrons. The van der Waals surface area contributed by atoms with Crippen LogP contribution in [-0.4, -0.2) is 41.3 Å². The normalized spacial score (nSPS) is 12.1. The molecule has 0 aliphatic carbocycles. The minimum atomic E-state index is -1.12. The quantitative estimate of drug-likeness (QED) is 0.705. The third-order valence-corrected chi connectivity index (χ3v) is 3.14. The Morgan fingerprint density at radius 1 is 1.41 bits per heavy atom. The van der Waals surface area contributed by atoms with Gasteiger partial charge in [-0.15, -0.1) is 0 Å². The lowest BCUT2D eigenvalue weighted by Gasteiger charge is -2.13. The largest absolute Gasteiger partial charge is 0.467 e. The zero-order chi connectivity index (χ0) is 16.1. The number of oxazole rings is 1. The van der Waals surface area contributed by atoms with Gasteiger partial charge < -0.3 is 19.6 Å². The molecule has 0 aliphatic rings. The van der Waals surface area contributed by atoms with Crippen LogP contribution in [0.25, 0.3) is 11.1 Å². The highest BCUT2D eigenvalue weighted by Gasteiger charge is 2.20. The van der Waals surface area contributed by atoms with Crippen molar-refractivity contribution >= 4 is 23.0 Å². The Labute approximate surface area is 125 Å². The van der Waals surface area contributed by atoms with E-state index in [0.29, 0.717) is 11.1 Å². The lowest BCUT2D eigenvalue weighted by atomic mass is 10.3. The van der Waals surface area contributed by atoms with Gasteiger partial charge in [0, 0.05) is 13.0 Å². The van der Waals surface area contributed by atoms with Crippen LogP contribution in [0, 0.1) is 0 Å². The van der Waals surface area contributed by atoms with E-state index in [0.717, 1.165) is 7.11 Å². The monoisotopic (exact) mass is 308 g/mol. The molecule has 0 aliphatic heterocycles. The van der Waals surface area contributed by atoms with Crippen LogP contribution in [0.3, 0.4) is 0 Å². The number of hydrogen-bond acceptors (Lipinski definition) is 6. The van der Waals surface area contributed by atoms with E-state index >= 15 is 0 Å². The second kappa shape index (κ2) is 6.90. The standard InChI is InChI=1S/C14H16N2O6/c1-21-13(19)9(8-17)15-12(18)6-7-16-10-4-2-3-5-11(10)22-14(16)20/h2-5,9,17H,6-8H2,1H3,(H,15,18)/t9-/m1/s1. The predicted molar refractivity (Wildman–Crippen MR) is 76.1 cm³/mol. The summed E-state index contributed by atoms with van der Waals surface area (Å²) in [7, 11) is 1.16. The van der Waals surface area contributed by atoms with E-state index in [1.165, 1.54) is 4.57 Å². The van der Waals surface area contributed by atoms with Crippen LogP contribution in [0.2, 0.25) is 0 Å². The number of para-hydroxylation sites is 2. The zero-order valence-corrected chi connectivity index (χ0v) is 11.9. The first-order chi connectivity index (χ1) is 10.6. The fourth-order valence-corrected chi connectivity index (χ4v) is 2.03. The molecule has 2 N–H and O–H groups in total. The number of rotatable bonds is 6. The summed E-state index contributed by atoms with van der Waals surface area (Å²) in [6.07, 6.45) is -0.0447. The van der Waals surface area contributed by atoms with Crippen molar-refractivity contribution in [2.24, 2.45) is 0 Å². The SMILES string of the molecule is COC(=O)[C@@H](CO)NC(=O)CCn1c(=O)oc2ccccc21. The molecule has 1 atom stereocenters. The van der Waals surface area contributed by atoms with Gasteiger partial charge in [0.25, 0.3) is 0 Å². The Balaban J connectivity index is 2.02. The van der Waals surface area contributed by atoms with E-state index in [2.05, 4.69) is 10.1 Å². The first-order valence-corrected chi connectivity index (χ1v) is 6.63. The molecule has 0 bridgehead atoms. The summed E-state index contributed by atoms with van der Waals surface area (Å²) in [5.74, 6) is -1.77. The Morgan fingerprint density at radius 2 is 2.14 bits per heavy atom. The van der Waals surface area contributed by atoms with Crippen LogP contribution in [0.4, 0.5) is 0 Å². The maximum atomic E-state index is 11.8. The number of nitrogens with one attached hydrogen (secondary N) is 1. The van der Waals surface area contributed by atoms with E-state index in [9.17, 15) is 14.4 Å². The van der Waals surface area contributed by atoms with Gasteiger partial charge in [-0.3, -0.25) is 9.36 Å². The molecule has 1 amide bonds. The summed E-state index contributed by atoms with van der Waals surface area (Å²) in [6, 6.07) is 5.75. The van der Waals surface area contributed by atoms with E-state index in [1.54, 1.807) is 24.3 Å². The predicted octanol–water partition coefficient (Wildman–Crippen LogP) is -0.365. The van der Waals surface area contributed by atoms with Gasteiger partial charge in [0.2, 0.25) is 5.91 Å². The van der Waals surface area contributed by atoms with Crippen molar-refractivity contribution in [3.05, 3.63) is 34.8 Å². The van der Waals surface area contributed by atoms with Crippen molar-refractivity contribution in [3.63, 3.8) is 0 Å². The van der Waals surface area contributed by atoms with E-state index in [-0.39, 0.29) is 13.0 Å². The van der Waals surface area contributed by atoms with Gasteiger partial charge >= 0.3 is 11.7 Å². The number of carbonyl (C=O) groups is 2. The summed E-state index contributed by atoms with van der Waals surface area (Å²) in [5, 5.41) is 11.4. The maximum Gasteiger partial charge on any atom is 0.419 e. The molecule has 0 unspecified atom stereocenters. The van der Waals surface area contributed by atoms with Crippen molar-refractivity contribution in [1.29, 1.82) is 0 Å². The zero-order valence-electron chi connectivity index (χ0n) is 11.9.